The lowest BCUT2D eigenvalue weighted by Crippen LogP contribution is -2.25. The summed E-state index contributed by atoms with van der Waals surface area (Å²) >= 11 is 0. The summed E-state index contributed by atoms with van der Waals surface area (Å²) in [6.07, 6.45) is 0.506. The Labute approximate surface area is 118 Å². The van der Waals surface area contributed by atoms with E-state index in [9.17, 15) is 4.79 Å². The second-order valence-corrected chi connectivity index (χ2v) is 5.22. The molecule has 6 heteroatoms. The minimum absolute atomic E-state index is 0.0125. The van der Waals surface area contributed by atoms with Crippen LogP contribution in [0, 0.1) is 12.8 Å². The van der Waals surface area contributed by atoms with Crippen molar-refractivity contribution in [1.82, 2.24) is 25.5 Å². The number of amides is 1. The zero-order valence-electron chi connectivity index (χ0n) is 12.0. The smallest absolute Gasteiger partial charge is 0.220 e. The van der Waals surface area contributed by atoms with E-state index in [1.807, 2.05) is 45.0 Å². The quantitative estimate of drug-likeness (QED) is 0.898. The van der Waals surface area contributed by atoms with E-state index in [1.54, 1.807) is 4.68 Å². The molecule has 1 amide bonds. The number of nitrogens with one attached hydrogen (secondary N) is 1. The molecule has 0 aliphatic carbocycles. The molecule has 106 valence electrons. The number of hydrogen-bond acceptors (Lipinski definition) is 4. The van der Waals surface area contributed by atoms with Gasteiger partial charge in [0.05, 0.1) is 12.2 Å². The Hall–Kier alpha value is -2.24. The third-order valence-electron chi connectivity index (χ3n) is 2.85. The topological polar surface area (TPSA) is 72.7 Å². The van der Waals surface area contributed by atoms with Crippen LogP contribution in [-0.4, -0.2) is 26.1 Å². The molecule has 20 heavy (non-hydrogen) atoms. The summed E-state index contributed by atoms with van der Waals surface area (Å²) in [4.78, 5) is 11.7. The largest absolute Gasteiger partial charge is 0.349 e. The second kappa shape index (κ2) is 6.27. The van der Waals surface area contributed by atoms with Gasteiger partial charge in [0.15, 0.2) is 5.82 Å². The van der Waals surface area contributed by atoms with Gasteiger partial charge in [-0.15, -0.1) is 5.10 Å². The molecule has 6 nitrogen and oxygen atoms in total. The van der Waals surface area contributed by atoms with Gasteiger partial charge in [-0.1, -0.05) is 31.5 Å². The highest BCUT2D eigenvalue weighted by Crippen LogP contribution is 2.09. The van der Waals surface area contributed by atoms with E-state index in [4.69, 9.17) is 0 Å². The SMILES string of the molecule is Cc1ccc(-n2nnnc2CNC(=O)CC(C)C)cc1. The molecular weight excluding hydrogens is 254 g/mol. The highest BCUT2D eigenvalue weighted by Gasteiger charge is 2.10. The van der Waals surface area contributed by atoms with Gasteiger partial charge in [0.1, 0.15) is 0 Å². The minimum atomic E-state index is 0.0125. The molecule has 1 heterocycles. The normalized spacial score (nSPS) is 10.8. The number of tetrazole rings is 1. The number of carbonyl (C=O) groups is 1. The molecule has 1 aromatic carbocycles. The van der Waals surface area contributed by atoms with Gasteiger partial charge in [-0.3, -0.25) is 4.79 Å². The van der Waals surface area contributed by atoms with Crippen molar-refractivity contribution >= 4 is 5.91 Å². The molecule has 2 rings (SSSR count). The summed E-state index contributed by atoms with van der Waals surface area (Å²) in [5.74, 6) is 0.965. The molecular formula is C14H19N5O. The maximum Gasteiger partial charge on any atom is 0.220 e. The van der Waals surface area contributed by atoms with Gasteiger partial charge in [-0.05, 0) is 35.4 Å². The number of aromatic nitrogens is 4. The molecule has 2 aromatic rings. The lowest BCUT2D eigenvalue weighted by Gasteiger charge is -2.07. The lowest BCUT2D eigenvalue weighted by atomic mass is 10.1. The van der Waals surface area contributed by atoms with Crippen molar-refractivity contribution in [1.29, 1.82) is 0 Å². The van der Waals surface area contributed by atoms with E-state index in [1.165, 1.54) is 5.56 Å². The Kier molecular flexibility index (Phi) is 4.45. The van der Waals surface area contributed by atoms with E-state index in [-0.39, 0.29) is 5.91 Å². The first-order valence-corrected chi connectivity index (χ1v) is 6.67. The van der Waals surface area contributed by atoms with Gasteiger partial charge in [-0.25, -0.2) is 0 Å². The minimum Gasteiger partial charge on any atom is -0.349 e. The molecule has 0 atom stereocenters. The average molecular weight is 273 g/mol. The van der Waals surface area contributed by atoms with Crippen LogP contribution in [0.3, 0.4) is 0 Å². The van der Waals surface area contributed by atoms with E-state index >= 15 is 0 Å². The molecule has 0 spiro atoms. The van der Waals surface area contributed by atoms with Crippen LogP contribution in [-0.2, 0) is 11.3 Å². The van der Waals surface area contributed by atoms with Crippen LogP contribution in [0.25, 0.3) is 5.69 Å². The number of hydrogen-bond donors (Lipinski definition) is 1. The van der Waals surface area contributed by atoms with Gasteiger partial charge < -0.3 is 5.32 Å². The number of carbonyl (C=O) groups excluding carboxylic acids is 1. The molecule has 0 aliphatic heterocycles. The summed E-state index contributed by atoms with van der Waals surface area (Å²) in [5, 5.41) is 14.4. The van der Waals surface area contributed by atoms with Crippen LogP contribution in [0.1, 0.15) is 31.7 Å². The Morgan fingerprint density at radius 3 is 2.65 bits per heavy atom. The van der Waals surface area contributed by atoms with Crippen LogP contribution < -0.4 is 5.32 Å². The zero-order valence-corrected chi connectivity index (χ0v) is 12.0. The number of rotatable bonds is 5. The van der Waals surface area contributed by atoms with Crippen molar-refractivity contribution < 1.29 is 4.79 Å². The van der Waals surface area contributed by atoms with Crippen LogP contribution in [0.4, 0.5) is 0 Å². The molecule has 0 fully saturated rings. The Bertz CT molecular complexity index is 574. The third kappa shape index (κ3) is 3.63. The van der Waals surface area contributed by atoms with Gasteiger partial charge in [0.2, 0.25) is 5.91 Å². The fourth-order valence-electron chi connectivity index (χ4n) is 1.82. The van der Waals surface area contributed by atoms with Gasteiger partial charge in [0.25, 0.3) is 0 Å². The summed E-state index contributed by atoms with van der Waals surface area (Å²) in [5.41, 5.74) is 2.06. The third-order valence-corrected chi connectivity index (χ3v) is 2.85. The molecule has 0 radical (unpaired) electrons. The highest BCUT2D eigenvalue weighted by atomic mass is 16.1. The van der Waals surface area contributed by atoms with Crippen molar-refractivity contribution in [3.63, 3.8) is 0 Å². The van der Waals surface area contributed by atoms with Gasteiger partial charge in [0, 0.05) is 6.42 Å². The first-order chi connectivity index (χ1) is 9.56. The summed E-state index contributed by atoms with van der Waals surface area (Å²) in [6.45, 7) is 6.37. The monoisotopic (exact) mass is 273 g/mol. The zero-order chi connectivity index (χ0) is 14.5. The van der Waals surface area contributed by atoms with Crippen LogP contribution >= 0.6 is 0 Å². The highest BCUT2D eigenvalue weighted by molar-refractivity contribution is 5.75. The molecule has 0 bridgehead atoms. The lowest BCUT2D eigenvalue weighted by molar-refractivity contribution is -0.122. The Morgan fingerprint density at radius 2 is 2.00 bits per heavy atom. The molecule has 1 N–H and O–H groups in total. The van der Waals surface area contributed by atoms with Crippen LogP contribution in [0.2, 0.25) is 0 Å². The van der Waals surface area contributed by atoms with Crippen molar-refractivity contribution in [2.45, 2.75) is 33.7 Å². The van der Waals surface area contributed by atoms with Gasteiger partial charge >= 0.3 is 0 Å². The summed E-state index contributed by atoms with van der Waals surface area (Å²) in [6, 6.07) is 7.90. The van der Waals surface area contributed by atoms with E-state index in [0.717, 1.165) is 5.69 Å². The first-order valence-electron chi connectivity index (χ1n) is 6.67. The Balaban J connectivity index is 2.05. The number of aryl methyl sites for hydroxylation is 1. The predicted octanol–water partition coefficient (Wildman–Crippen LogP) is 1.63. The standard InChI is InChI=1S/C14H19N5O/c1-10(2)8-14(20)15-9-13-16-17-18-19(13)12-6-4-11(3)5-7-12/h4-7,10H,8-9H2,1-3H3,(H,15,20). The first kappa shape index (κ1) is 14.2. The number of benzene rings is 1. The average Bonchev–Trinajstić information content (AvgIpc) is 2.85. The Morgan fingerprint density at radius 1 is 1.30 bits per heavy atom. The van der Waals surface area contributed by atoms with E-state index < -0.39 is 0 Å². The maximum atomic E-state index is 11.7. The van der Waals surface area contributed by atoms with E-state index in [0.29, 0.717) is 24.7 Å². The van der Waals surface area contributed by atoms with Crippen molar-refractivity contribution in [3.05, 3.63) is 35.7 Å². The van der Waals surface area contributed by atoms with Crippen LogP contribution in [0.15, 0.2) is 24.3 Å². The predicted molar refractivity (Wildman–Crippen MR) is 75.2 cm³/mol. The summed E-state index contributed by atoms with van der Waals surface area (Å²) < 4.78 is 1.63. The fourth-order valence-corrected chi connectivity index (χ4v) is 1.82. The van der Waals surface area contributed by atoms with Crippen molar-refractivity contribution in [3.8, 4) is 5.69 Å². The molecule has 0 saturated heterocycles. The summed E-state index contributed by atoms with van der Waals surface area (Å²) in [7, 11) is 0. The fraction of sp³-hybridized carbons (Fsp3) is 0.429. The molecule has 0 aliphatic rings. The molecule has 1 aromatic heterocycles. The van der Waals surface area contributed by atoms with Crippen molar-refractivity contribution in [2.75, 3.05) is 0 Å². The van der Waals surface area contributed by atoms with E-state index in [2.05, 4.69) is 20.8 Å². The maximum absolute atomic E-state index is 11.7. The number of nitrogens with zero attached hydrogens (tertiary/aromatic N) is 4. The second-order valence-electron chi connectivity index (χ2n) is 5.22. The molecule has 0 unspecified atom stereocenters. The van der Waals surface area contributed by atoms with Gasteiger partial charge in [-0.2, -0.15) is 4.68 Å². The van der Waals surface area contributed by atoms with Crippen molar-refractivity contribution in [2.24, 2.45) is 5.92 Å². The molecule has 0 saturated carbocycles. The van der Waals surface area contributed by atoms with Crippen LogP contribution in [0.5, 0.6) is 0 Å².